The van der Waals surface area contributed by atoms with E-state index in [0.29, 0.717) is 0 Å². The second-order valence-electron chi connectivity index (χ2n) is 4.20. The van der Waals surface area contributed by atoms with Gasteiger partial charge in [0.15, 0.2) is 0 Å². The third-order valence-corrected chi connectivity index (χ3v) is 2.99. The summed E-state index contributed by atoms with van der Waals surface area (Å²) in [6.07, 6.45) is 1.03. The van der Waals surface area contributed by atoms with Gasteiger partial charge in [0.25, 0.3) is 0 Å². The molecule has 16 heavy (non-hydrogen) atoms. The lowest BCUT2D eigenvalue weighted by Crippen LogP contribution is -2.04. The van der Waals surface area contributed by atoms with E-state index in [4.69, 9.17) is 5.73 Å². The second kappa shape index (κ2) is 4.05. The van der Waals surface area contributed by atoms with Crippen LogP contribution >= 0.6 is 0 Å². The predicted octanol–water partition coefficient (Wildman–Crippen LogP) is 3.24. The van der Waals surface area contributed by atoms with Gasteiger partial charge in [-0.05, 0) is 50.1 Å². The van der Waals surface area contributed by atoms with Crippen LogP contribution < -0.4 is 5.73 Å². The summed E-state index contributed by atoms with van der Waals surface area (Å²) >= 11 is 0. The molecule has 0 aliphatic carbocycles. The number of nitrogens with zero attached hydrogens (tertiary/aromatic N) is 1. The van der Waals surface area contributed by atoms with E-state index in [1.54, 1.807) is 0 Å². The molecular formula is C14H18N2. The van der Waals surface area contributed by atoms with Gasteiger partial charge in [0, 0.05) is 17.1 Å². The Morgan fingerprint density at radius 2 is 1.88 bits per heavy atom. The van der Waals surface area contributed by atoms with Gasteiger partial charge in [-0.15, -0.1) is 0 Å². The second-order valence-corrected chi connectivity index (χ2v) is 4.20. The quantitative estimate of drug-likeness (QED) is 0.764. The van der Waals surface area contributed by atoms with Gasteiger partial charge in [0.2, 0.25) is 0 Å². The van der Waals surface area contributed by atoms with Crippen LogP contribution in [0.4, 0.5) is 5.69 Å². The van der Waals surface area contributed by atoms with Crippen molar-refractivity contribution in [2.45, 2.75) is 27.2 Å². The highest BCUT2D eigenvalue weighted by Gasteiger charge is 2.08. The number of nitrogens with two attached hydrogens (primary N) is 1. The third kappa shape index (κ3) is 1.71. The maximum Gasteiger partial charge on any atom is 0.0504 e. The van der Waals surface area contributed by atoms with Gasteiger partial charge in [0.1, 0.15) is 0 Å². The van der Waals surface area contributed by atoms with Crippen molar-refractivity contribution in [3.8, 4) is 5.69 Å². The largest absolute Gasteiger partial charge is 0.399 e. The minimum atomic E-state index is 0.816. The first kappa shape index (κ1) is 10.8. The molecule has 0 amide bonds. The maximum absolute atomic E-state index is 5.86. The highest BCUT2D eigenvalue weighted by atomic mass is 15.0. The molecule has 0 unspecified atom stereocenters. The lowest BCUT2D eigenvalue weighted by Gasteiger charge is -2.14. The first-order chi connectivity index (χ1) is 7.63. The van der Waals surface area contributed by atoms with Gasteiger partial charge in [-0.2, -0.15) is 0 Å². The van der Waals surface area contributed by atoms with Crippen LogP contribution in [0.2, 0.25) is 0 Å². The van der Waals surface area contributed by atoms with Crippen LogP contribution in [0.15, 0.2) is 30.3 Å². The van der Waals surface area contributed by atoms with E-state index < -0.39 is 0 Å². The normalized spacial score (nSPS) is 10.7. The molecule has 2 rings (SSSR count). The molecule has 1 heterocycles. The van der Waals surface area contributed by atoms with Crippen LogP contribution in [0.25, 0.3) is 5.69 Å². The summed E-state index contributed by atoms with van der Waals surface area (Å²) in [5.41, 5.74) is 11.7. The maximum atomic E-state index is 5.86. The topological polar surface area (TPSA) is 30.9 Å². The van der Waals surface area contributed by atoms with Gasteiger partial charge < -0.3 is 10.3 Å². The van der Waals surface area contributed by atoms with Gasteiger partial charge in [0.05, 0.1) is 5.69 Å². The van der Waals surface area contributed by atoms with Gasteiger partial charge in [-0.1, -0.05) is 13.0 Å². The standard InChI is InChI=1S/C14H18N2/c1-4-13-8-6-11(3)16(13)14-9-12(15)7-5-10(14)2/h5-9H,4,15H2,1-3H3. The van der Waals surface area contributed by atoms with Crippen molar-refractivity contribution in [3.63, 3.8) is 0 Å². The molecule has 2 heteroatoms. The molecule has 0 aliphatic heterocycles. The number of hydrogen-bond acceptors (Lipinski definition) is 1. The SMILES string of the molecule is CCc1ccc(C)n1-c1cc(N)ccc1C. The number of nitrogen functional groups attached to an aromatic ring is 1. The van der Waals surface area contributed by atoms with Crippen molar-refractivity contribution in [1.82, 2.24) is 4.57 Å². The highest BCUT2D eigenvalue weighted by molar-refractivity contribution is 5.54. The van der Waals surface area contributed by atoms with Crippen LogP contribution in [0.3, 0.4) is 0 Å². The number of aryl methyl sites for hydroxylation is 3. The average Bonchev–Trinajstić information content (AvgIpc) is 2.63. The number of aromatic nitrogens is 1. The van der Waals surface area contributed by atoms with E-state index in [2.05, 4.69) is 43.5 Å². The van der Waals surface area contributed by atoms with Gasteiger partial charge >= 0.3 is 0 Å². The molecule has 0 aliphatic rings. The summed E-state index contributed by atoms with van der Waals surface area (Å²) in [5, 5.41) is 0. The van der Waals surface area contributed by atoms with Crippen LogP contribution in [0, 0.1) is 13.8 Å². The van der Waals surface area contributed by atoms with Crippen LogP contribution in [0.1, 0.15) is 23.9 Å². The Hall–Kier alpha value is -1.70. The molecule has 0 radical (unpaired) electrons. The van der Waals surface area contributed by atoms with Crippen LogP contribution in [0.5, 0.6) is 0 Å². The monoisotopic (exact) mass is 214 g/mol. The van der Waals surface area contributed by atoms with Gasteiger partial charge in [-0.25, -0.2) is 0 Å². The molecule has 2 nitrogen and oxygen atoms in total. The van der Waals surface area contributed by atoms with E-state index in [1.807, 2.05) is 12.1 Å². The van der Waals surface area contributed by atoms with Crippen molar-refractivity contribution in [3.05, 3.63) is 47.3 Å². The zero-order valence-electron chi connectivity index (χ0n) is 10.1. The number of hydrogen-bond donors (Lipinski definition) is 1. The fourth-order valence-corrected chi connectivity index (χ4v) is 2.08. The molecule has 2 N–H and O–H groups in total. The average molecular weight is 214 g/mol. The fraction of sp³-hybridized carbons (Fsp3) is 0.286. The summed E-state index contributed by atoms with van der Waals surface area (Å²) < 4.78 is 2.28. The van der Waals surface area contributed by atoms with E-state index in [-0.39, 0.29) is 0 Å². The molecule has 84 valence electrons. The smallest absolute Gasteiger partial charge is 0.0504 e. The summed E-state index contributed by atoms with van der Waals surface area (Å²) in [5.74, 6) is 0. The third-order valence-electron chi connectivity index (χ3n) is 2.99. The van der Waals surface area contributed by atoms with Gasteiger partial charge in [-0.3, -0.25) is 0 Å². The zero-order chi connectivity index (χ0) is 11.7. The summed E-state index contributed by atoms with van der Waals surface area (Å²) in [6.45, 7) is 6.42. The van der Waals surface area contributed by atoms with Crippen molar-refractivity contribution in [2.24, 2.45) is 0 Å². The summed E-state index contributed by atoms with van der Waals surface area (Å²) in [6, 6.07) is 10.4. The Morgan fingerprint density at radius 1 is 1.12 bits per heavy atom. The minimum Gasteiger partial charge on any atom is -0.399 e. The number of anilines is 1. The molecule has 0 atom stereocenters. The van der Waals surface area contributed by atoms with E-state index in [0.717, 1.165) is 12.1 Å². The van der Waals surface area contributed by atoms with Crippen molar-refractivity contribution in [2.75, 3.05) is 5.73 Å². The number of benzene rings is 1. The molecule has 2 aromatic rings. The molecular weight excluding hydrogens is 196 g/mol. The van der Waals surface area contributed by atoms with Crippen LogP contribution in [-0.2, 0) is 6.42 Å². The van der Waals surface area contributed by atoms with Crippen molar-refractivity contribution in [1.29, 1.82) is 0 Å². The first-order valence-corrected chi connectivity index (χ1v) is 5.67. The zero-order valence-corrected chi connectivity index (χ0v) is 10.1. The fourth-order valence-electron chi connectivity index (χ4n) is 2.08. The Bertz CT molecular complexity index is 509. The Kier molecular flexibility index (Phi) is 2.73. The molecule has 1 aromatic heterocycles. The Labute approximate surface area is 96.7 Å². The van der Waals surface area contributed by atoms with Crippen molar-refractivity contribution >= 4 is 5.69 Å². The highest BCUT2D eigenvalue weighted by Crippen LogP contribution is 2.22. The van der Waals surface area contributed by atoms with E-state index in [9.17, 15) is 0 Å². The Balaban J connectivity index is 2.66. The summed E-state index contributed by atoms with van der Waals surface area (Å²) in [7, 11) is 0. The number of rotatable bonds is 2. The molecule has 0 fully saturated rings. The molecule has 0 bridgehead atoms. The molecule has 0 saturated heterocycles. The Morgan fingerprint density at radius 3 is 2.56 bits per heavy atom. The van der Waals surface area contributed by atoms with Crippen molar-refractivity contribution < 1.29 is 0 Å². The summed E-state index contributed by atoms with van der Waals surface area (Å²) in [4.78, 5) is 0. The first-order valence-electron chi connectivity index (χ1n) is 5.67. The minimum absolute atomic E-state index is 0.816. The lowest BCUT2D eigenvalue weighted by atomic mass is 10.1. The van der Waals surface area contributed by atoms with E-state index >= 15 is 0 Å². The molecule has 0 spiro atoms. The van der Waals surface area contributed by atoms with E-state index in [1.165, 1.54) is 22.6 Å². The van der Waals surface area contributed by atoms with Crippen LogP contribution in [-0.4, -0.2) is 4.57 Å². The molecule has 1 aromatic carbocycles. The molecule has 0 saturated carbocycles. The lowest BCUT2D eigenvalue weighted by molar-refractivity contribution is 0.900. The predicted molar refractivity (Wildman–Crippen MR) is 69.0 cm³/mol.